The first-order valence-corrected chi connectivity index (χ1v) is 10.3. The van der Waals surface area contributed by atoms with Crippen LogP contribution in [0, 0.1) is 6.92 Å². The second-order valence-electron chi connectivity index (χ2n) is 7.29. The molecule has 2 amide bonds. The van der Waals surface area contributed by atoms with Crippen LogP contribution in [-0.2, 0) is 0 Å². The van der Waals surface area contributed by atoms with Gasteiger partial charge in [-0.15, -0.1) is 11.3 Å². The third kappa shape index (κ3) is 4.33. The van der Waals surface area contributed by atoms with Crippen molar-refractivity contribution < 1.29 is 14.3 Å². The summed E-state index contributed by atoms with van der Waals surface area (Å²) < 4.78 is 5.92. The number of carbonyl (C=O) groups excluding carboxylic acids is 2. The van der Waals surface area contributed by atoms with E-state index >= 15 is 0 Å². The lowest BCUT2D eigenvalue weighted by Gasteiger charge is -2.24. The molecule has 6 heteroatoms. The van der Waals surface area contributed by atoms with Crippen LogP contribution in [0.5, 0.6) is 5.75 Å². The zero-order valence-electron chi connectivity index (χ0n) is 15.4. The maximum absolute atomic E-state index is 12.7. The first kappa shape index (κ1) is 18.0. The summed E-state index contributed by atoms with van der Waals surface area (Å²) in [5.74, 6) is 0.804. The highest BCUT2D eigenvalue weighted by molar-refractivity contribution is 7.13. The van der Waals surface area contributed by atoms with E-state index in [1.54, 1.807) is 23.5 Å². The van der Waals surface area contributed by atoms with Crippen molar-refractivity contribution in [2.24, 2.45) is 0 Å². The van der Waals surface area contributed by atoms with Gasteiger partial charge < -0.3 is 15.0 Å². The number of thiophene rings is 1. The summed E-state index contributed by atoms with van der Waals surface area (Å²) in [4.78, 5) is 28.6. The van der Waals surface area contributed by atoms with Crippen LogP contribution >= 0.6 is 11.3 Å². The molecule has 142 valence electrons. The molecule has 27 heavy (non-hydrogen) atoms. The lowest BCUT2D eigenvalue weighted by atomic mass is 10.2. The number of carbonyl (C=O) groups is 2. The van der Waals surface area contributed by atoms with Gasteiger partial charge in [0.25, 0.3) is 11.8 Å². The van der Waals surface area contributed by atoms with Gasteiger partial charge in [-0.3, -0.25) is 9.59 Å². The maximum atomic E-state index is 12.7. The smallest absolute Gasteiger partial charge is 0.264 e. The lowest BCUT2D eigenvalue weighted by molar-refractivity contribution is 0.0696. The predicted octanol–water partition coefficient (Wildman–Crippen LogP) is 3.63. The number of nitrogens with zero attached hydrogens (tertiary/aromatic N) is 1. The number of hydrogen-bond donors (Lipinski definition) is 1. The molecule has 2 heterocycles. The Morgan fingerprint density at radius 3 is 2.59 bits per heavy atom. The van der Waals surface area contributed by atoms with Gasteiger partial charge in [-0.2, -0.15) is 0 Å². The Morgan fingerprint density at radius 1 is 1.15 bits per heavy atom. The Balaban J connectivity index is 1.33. The minimum Gasteiger partial charge on any atom is -0.491 e. The summed E-state index contributed by atoms with van der Waals surface area (Å²) in [5, 5.41) is 2.98. The van der Waals surface area contributed by atoms with Crippen molar-refractivity contribution in [3.8, 4) is 5.75 Å². The molecule has 2 aromatic rings. The Bertz CT molecular complexity index is 826. The fourth-order valence-corrected chi connectivity index (χ4v) is 4.18. The molecule has 4 rings (SSSR count). The second-order valence-corrected chi connectivity index (χ2v) is 8.58. The predicted molar refractivity (Wildman–Crippen MR) is 106 cm³/mol. The van der Waals surface area contributed by atoms with Crippen molar-refractivity contribution in [2.45, 2.75) is 44.7 Å². The van der Waals surface area contributed by atoms with Crippen LogP contribution in [0.3, 0.4) is 0 Å². The summed E-state index contributed by atoms with van der Waals surface area (Å²) >= 11 is 1.54. The van der Waals surface area contributed by atoms with Crippen molar-refractivity contribution in [3.05, 3.63) is 51.7 Å². The zero-order chi connectivity index (χ0) is 18.8. The van der Waals surface area contributed by atoms with Gasteiger partial charge in [0.2, 0.25) is 0 Å². The van der Waals surface area contributed by atoms with Gasteiger partial charge in [0.1, 0.15) is 12.4 Å². The van der Waals surface area contributed by atoms with Crippen LogP contribution in [0.1, 0.15) is 50.6 Å². The summed E-state index contributed by atoms with van der Waals surface area (Å²) in [6.07, 6.45) is 4.12. The molecule has 1 saturated heterocycles. The van der Waals surface area contributed by atoms with E-state index in [1.807, 2.05) is 36.1 Å². The normalized spacial score (nSPS) is 19.1. The van der Waals surface area contributed by atoms with E-state index in [-0.39, 0.29) is 17.9 Å². The fraction of sp³-hybridized carbons (Fsp3) is 0.429. The van der Waals surface area contributed by atoms with Crippen LogP contribution in [0.25, 0.3) is 0 Å². The van der Waals surface area contributed by atoms with Gasteiger partial charge in [0.05, 0.1) is 10.9 Å². The Morgan fingerprint density at radius 2 is 1.93 bits per heavy atom. The zero-order valence-corrected chi connectivity index (χ0v) is 16.3. The van der Waals surface area contributed by atoms with Gasteiger partial charge in [-0.05, 0) is 69.0 Å². The molecule has 0 radical (unpaired) electrons. The SMILES string of the molecule is Cc1ccc(C(=O)N2CCCC2COc2ccc(C(=O)NC3CC3)cc2)s1. The summed E-state index contributed by atoms with van der Waals surface area (Å²) in [6, 6.07) is 11.6. The average Bonchev–Trinajstić information content (AvgIpc) is 3.18. The van der Waals surface area contributed by atoms with E-state index in [0.29, 0.717) is 18.2 Å². The number of likely N-dealkylation sites (tertiary alicyclic amines) is 1. The fourth-order valence-electron chi connectivity index (χ4n) is 3.36. The van der Waals surface area contributed by atoms with Gasteiger partial charge in [-0.1, -0.05) is 0 Å². The monoisotopic (exact) mass is 384 g/mol. The van der Waals surface area contributed by atoms with E-state index < -0.39 is 0 Å². The molecular weight excluding hydrogens is 360 g/mol. The number of benzene rings is 1. The van der Waals surface area contributed by atoms with Crippen LogP contribution in [0.2, 0.25) is 0 Å². The Kier molecular flexibility index (Phi) is 5.16. The van der Waals surface area contributed by atoms with Crippen LogP contribution in [0.15, 0.2) is 36.4 Å². The first-order valence-electron chi connectivity index (χ1n) is 9.51. The number of ether oxygens (including phenoxy) is 1. The first-order chi connectivity index (χ1) is 13.1. The largest absolute Gasteiger partial charge is 0.491 e. The molecule has 2 aliphatic rings. The standard InChI is InChI=1S/C21H24N2O3S/c1-14-4-11-19(27-14)21(25)23-12-2-3-17(23)13-26-18-9-5-15(6-10-18)20(24)22-16-7-8-16/h4-6,9-11,16-17H,2-3,7-8,12-13H2,1H3,(H,22,24). The minimum absolute atomic E-state index is 0.0251. The quantitative estimate of drug-likeness (QED) is 0.827. The second kappa shape index (κ2) is 7.72. The van der Waals surface area contributed by atoms with Gasteiger partial charge >= 0.3 is 0 Å². The van der Waals surface area contributed by atoms with Crippen LogP contribution in [-0.4, -0.2) is 41.9 Å². The third-order valence-electron chi connectivity index (χ3n) is 5.06. The molecule has 1 N–H and O–H groups in total. The van der Waals surface area contributed by atoms with Gasteiger partial charge in [0, 0.05) is 23.0 Å². The van der Waals surface area contributed by atoms with E-state index in [1.165, 1.54) is 0 Å². The number of aryl methyl sites for hydroxylation is 1. The molecule has 1 aromatic heterocycles. The third-order valence-corrected chi connectivity index (χ3v) is 6.05. The molecule has 5 nitrogen and oxygen atoms in total. The van der Waals surface area contributed by atoms with Gasteiger partial charge in [-0.25, -0.2) is 0 Å². The van der Waals surface area contributed by atoms with Crippen molar-refractivity contribution in [1.82, 2.24) is 10.2 Å². The van der Waals surface area contributed by atoms with E-state index in [9.17, 15) is 9.59 Å². The molecule has 1 saturated carbocycles. The average molecular weight is 385 g/mol. The highest BCUT2D eigenvalue weighted by Crippen LogP contribution is 2.25. The Hall–Kier alpha value is -2.34. The van der Waals surface area contributed by atoms with Gasteiger partial charge in [0.15, 0.2) is 0 Å². The topological polar surface area (TPSA) is 58.6 Å². The molecular formula is C21H24N2O3S. The molecule has 0 spiro atoms. The van der Waals surface area contributed by atoms with Crippen molar-refractivity contribution >= 4 is 23.2 Å². The highest BCUT2D eigenvalue weighted by atomic mass is 32.1. The van der Waals surface area contributed by atoms with Crippen molar-refractivity contribution in [2.75, 3.05) is 13.2 Å². The summed E-state index contributed by atoms with van der Waals surface area (Å²) in [7, 11) is 0. The van der Waals surface area contributed by atoms with Crippen molar-refractivity contribution in [3.63, 3.8) is 0 Å². The van der Waals surface area contributed by atoms with E-state index in [0.717, 1.165) is 47.7 Å². The number of hydrogen-bond acceptors (Lipinski definition) is 4. The number of amides is 2. The molecule has 1 aliphatic heterocycles. The van der Waals surface area contributed by atoms with E-state index in [4.69, 9.17) is 4.74 Å². The molecule has 2 fully saturated rings. The van der Waals surface area contributed by atoms with Crippen LogP contribution in [0.4, 0.5) is 0 Å². The number of rotatable bonds is 6. The molecule has 1 atom stereocenters. The van der Waals surface area contributed by atoms with E-state index in [2.05, 4.69) is 5.32 Å². The highest BCUT2D eigenvalue weighted by Gasteiger charge is 2.30. The minimum atomic E-state index is -0.0251. The Labute approximate surface area is 163 Å². The lowest BCUT2D eigenvalue weighted by Crippen LogP contribution is -2.38. The molecule has 1 aromatic carbocycles. The van der Waals surface area contributed by atoms with Crippen molar-refractivity contribution in [1.29, 1.82) is 0 Å². The molecule has 1 unspecified atom stereocenters. The summed E-state index contributed by atoms with van der Waals surface area (Å²) in [6.45, 7) is 3.27. The summed E-state index contributed by atoms with van der Waals surface area (Å²) in [5.41, 5.74) is 0.653. The van der Waals surface area contributed by atoms with Crippen LogP contribution < -0.4 is 10.1 Å². The number of nitrogens with one attached hydrogen (secondary N) is 1. The molecule has 1 aliphatic carbocycles. The maximum Gasteiger partial charge on any atom is 0.264 e. The molecule has 0 bridgehead atoms.